The van der Waals surface area contributed by atoms with E-state index >= 15 is 0 Å². The number of hydrogen-bond acceptors (Lipinski definition) is 1. The summed E-state index contributed by atoms with van der Waals surface area (Å²) >= 11 is 18.0. The van der Waals surface area contributed by atoms with Gasteiger partial charge in [0.1, 0.15) is 0 Å². The zero-order valence-electron chi connectivity index (χ0n) is 10.5. The molecule has 1 unspecified atom stereocenters. The third-order valence-electron chi connectivity index (χ3n) is 2.86. The summed E-state index contributed by atoms with van der Waals surface area (Å²) in [6.45, 7) is 2.64. The van der Waals surface area contributed by atoms with Crippen molar-refractivity contribution in [2.45, 2.75) is 18.8 Å². The predicted octanol–water partition coefficient (Wildman–Crippen LogP) is 5.91. The number of alkyl halides is 1. The molecule has 19 heavy (non-hydrogen) atoms. The standard InChI is InChI=1S/C15H14Cl3N/c1-10(16)12-4-2-3-5-15(12)19-9-11-6-7-13(17)14(18)8-11/h2-8,10,19H,9H2,1H3. The Balaban J connectivity index is 2.12. The lowest BCUT2D eigenvalue weighted by molar-refractivity contribution is 1.06. The van der Waals surface area contributed by atoms with Crippen LogP contribution in [0.4, 0.5) is 5.69 Å². The van der Waals surface area contributed by atoms with Crippen LogP contribution in [0.2, 0.25) is 10.0 Å². The molecule has 0 amide bonds. The molecule has 0 aliphatic rings. The monoisotopic (exact) mass is 313 g/mol. The molecule has 4 heteroatoms. The van der Waals surface area contributed by atoms with Crippen LogP contribution in [0.1, 0.15) is 23.4 Å². The highest BCUT2D eigenvalue weighted by atomic mass is 35.5. The van der Waals surface area contributed by atoms with Crippen molar-refractivity contribution >= 4 is 40.5 Å². The average Bonchev–Trinajstić information content (AvgIpc) is 2.40. The zero-order chi connectivity index (χ0) is 13.8. The van der Waals surface area contributed by atoms with Gasteiger partial charge in [0.05, 0.1) is 15.4 Å². The Morgan fingerprint density at radius 2 is 1.79 bits per heavy atom. The van der Waals surface area contributed by atoms with Crippen molar-refractivity contribution in [2.75, 3.05) is 5.32 Å². The van der Waals surface area contributed by atoms with E-state index in [9.17, 15) is 0 Å². The first kappa shape index (κ1) is 14.5. The fourth-order valence-corrected chi connectivity index (χ4v) is 2.36. The largest absolute Gasteiger partial charge is 0.381 e. The highest BCUT2D eigenvalue weighted by molar-refractivity contribution is 6.42. The van der Waals surface area contributed by atoms with Crippen molar-refractivity contribution in [2.24, 2.45) is 0 Å². The lowest BCUT2D eigenvalue weighted by atomic mass is 10.1. The number of benzene rings is 2. The van der Waals surface area contributed by atoms with E-state index in [0.717, 1.165) is 16.8 Å². The summed E-state index contributed by atoms with van der Waals surface area (Å²) in [4.78, 5) is 0. The van der Waals surface area contributed by atoms with E-state index in [1.165, 1.54) is 0 Å². The quantitative estimate of drug-likeness (QED) is 0.692. The molecule has 2 aromatic rings. The molecule has 0 aliphatic heterocycles. The summed E-state index contributed by atoms with van der Waals surface area (Å²) < 4.78 is 0. The normalized spacial score (nSPS) is 12.2. The van der Waals surface area contributed by atoms with E-state index in [1.54, 1.807) is 6.07 Å². The fourth-order valence-electron chi connectivity index (χ4n) is 1.85. The minimum Gasteiger partial charge on any atom is -0.381 e. The third-order valence-corrected chi connectivity index (χ3v) is 3.83. The molecule has 0 saturated carbocycles. The van der Waals surface area contributed by atoms with E-state index in [4.69, 9.17) is 34.8 Å². The predicted molar refractivity (Wildman–Crippen MR) is 84.5 cm³/mol. The second-order valence-corrected chi connectivity index (χ2v) is 5.77. The summed E-state index contributed by atoms with van der Waals surface area (Å²) in [5.74, 6) is 0. The van der Waals surface area contributed by atoms with Crippen LogP contribution in [0.25, 0.3) is 0 Å². The first-order chi connectivity index (χ1) is 9.08. The van der Waals surface area contributed by atoms with Gasteiger partial charge in [-0.15, -0.1) is 11.6 Å². The van der Waals surface area contributed by atoms with E-state index in [1.807, 2.05) is 43.3 Å². The molecular formula is C15H14Cl3N. The van der Waals surface area contributed by atoms with E-state index in [-0.39, 0.29) is 5.38 Å². The van der Waals surface area contributed by atoms with Gasteiger partial charge in [-0.3, -0.25) is 0 Å². The first-order valence-corrected chi connectivity index (χ1v) is 7.18. The van der Waals surface area contributed by atoms with Gasteiger partial charge in [-0.05, 0) is 36.2 Å². The molecule has 0 fully saturated rings. The lowest BCUT2D eigenvalue weighted by Crippen LogP contribution is -2.02. The van der Waals surface area contributed by atoms with Crippen LogP contribution in [-0.4, -0.2) is 0 Å². The summed E-state index contributed by atoms with van der Waals surface area (Å²) in [5, 5.41) is 4.48. The molecule has 0 radical (unpaired) electrons. The molecule has 0 aromatic heterocycles. The summed E-state index contributed by atoms with van der Waals surface area (Å²) in [6, 6.07) is 13.6. The Hall–Kier alpha value is -0.890. The maximum Gasteiger partial charge on any atom is 0.0595 e. The van der Waals surface area contributed by atoms with Crippen LogP contribution < -0.4 is 5.32 Å². The first-order valence-electron chi connectivity index (χ1n) is 5.98. The molecule has 1 atom stereocenters. The zero-order valence-corrected chi connectivity index (χ0v) is 12.7. The van der Waals surface area contributed by atoms with Gasteiger partial charge in [-0.2, -0.15) is 0 Å². The van der Waals surface area contributed by atoms with Crippen molar-refractivity contribution in [3.8, 4) is 0 Å². The van der Waals surface area contributed by atoms with Gasteiger partial charge >= 0.3 is 0 Å². The highest BCUT2D eigenvalue weighted by Crippen LogP contribution is 2.28. The summed E-state index contributed by atoms with van der Waals surface area (Å²) in [5.41, 5.74) is 3.20. The molecule has 0 aliphatic carbocycles. The molecule has 1 N–H and O–H groups in total. The van der Waals surface area contributed by atoms with Crippen LogP contribution in [0.3, 0.4) is 0 Å². The van der Waals surface area contributed by atoms with Gasteiger partial charge in [0.2, 0.25) is 0 Å². The topological polar surface area (TPSA) is 12.0 Å². The fraction of sp³-hybridized carbons (Fsp3) is 0.200. The third kappa shape index (κ3) is 3.79. The maximum absolute atomic E-state index is 6.16. The highest BCUT2D eigenvalue weighted by Gasteiger charge is 2.07. The molecule has 2 aromatic carbocycles. The van der Waals surface area contributed by atoms with E-state index in [0.29, 0.717) is 16.6 Å². The van der Waals surface area contributed by atoms with Crippen LogP contribution in [-0.2, 0) is 6.54 Å². The van der Waals surface area contributed by atoms with Crippen molar-refractivity contribution < 1.29 is 0 Å². The Morgan fingerprint density at radius 3 is 2.47 bits per heavy atom. The number of hydrogen-bond donors (Lipinski definition) is 1. The molecule has 100 valence electrons. The molecule has 0 spiro atoms. The Kier molecular flexibility index (Phi) is 4.98. The number of nitrogens with one attached hydrogen (secondary N) is 1. The van der Waals surface area contributed by atoms with Gasteiger partial charge < -0.3 is 5.32 Å². The molecule has 0 heterocycles. The lowest BCUT2D eigenvalue weighted by Gasteiger charge is -2.13. The Morgan fingerprint density at radius 1 is 1.05 bits per heavy atom. The van der Waals surface area contributed by atoms with Crippen LogP contribution in [0, 0.1) is 0 Å². The molecule has 1 nitrogen and oxygen atoms in total. The molecule has 2 rings (SSSR count). The Labute approximate surface area is 128 Å². The van der Waals surface area contributed by atoms with Gasteiger partial charge in [0.15, 0.2) is 0 Å². The molecule has 0 saturated heterocycles. The van der Waals surface area contributed by atoms with E-state index < -0.39 is 0 Å². The minimum absolute atomic E-state index is 0.0301. The van der Waals surface area contributed by atoms with Crippen LogP contribution in [0.15, 0.2) is 42.5 Å². The van der Waals surface area contributed by atoms with Crippen molar-refractivity contribution in [1.82, 2.24) is 0 Å². The van der Waals surface area contributed by atoms with Gasteiger partial charge in [0, 0.05) is 12.2 Å². The number of anilines is 1. The minimum atomic E-state index is -0.0301. The van der Waals surface area contributed by atoms with Gasteiger partial charge in [-0.25, -0.2) is 0 Å². The van der Waals surface area contributed by atoms with Crippen molar-refractivity contribution in [3.05, 3.63) is 63.6 Å². The van der Waals surface area contributed by atoms with Crippen LogP contribution >= 0.6 is 34.8 Å². The van der Waals surface area contributed by atoms with Crippen molar-refractivity contribution in [3.63, 3.8) is 0 Å². The van der Waals surface area contributed by atoms with Crippen molar-refractivity contribution in [1.29, 1.82) is 0 Å². The van der Waals surface area contributed by atoms with E-state index in [2.05, 4.69) is 5.32 Å². The Bertz CT molecular complexity index is 567. The van der Waals surface area contributed by atoms with Crippen LogP contribution in [0.5, 0.6) is 0 Å². The number of rotatable bonds is 4. The average molecular weight is 315 g/mol. The summed E-state index contributed by atoms with van der Waals surface area (Å²) in [7, 11) is 0. The molecular weight excluding hydrogens is 301 g/mol. The second-order valence-electron chi connectivity index (χ2n) is 4.31. The number of para-hydroxylation sites is 1. The SMILES string of the molecule is CC(Cl)c1ccccc1NCc1ccc(Cl)c(Cl)c1. The van der Waals surface area contributed by atoms with Gasteiger partial charge in [0.25, 0.3) is 0 Å². The smallest absolute Gasteiger partial charge is 0.0595 e. The number of halogens is 3. The van der Waals surface area contributed by atoms with Gasteiger partial charge in [-0.1, -0.05) is 47.5 Å². The second kappa shape index (κ2) is 6.51. The summed E-state index contributed by atoms with van der Waals surface area (Å²) in [6.07, 6.45) is 0. The molecule has 0 bridgehead atoms. The maximum atomic E-state index is 6.16.